The average Bonchev–Trinajstić information content (AvgIpc) is 3.62. The first-order valence-corrected chi connectivity index (χ1v) is 15.2. The van der Waals surface area contributed by atoms with E-state index in [2.05, 4.69) is 177 Å². The van der Waals surface area contributed by atoms with Crippen LogP contribution in [0.15, 0.2) is 152 Å². The van der Waals surface area contributed by atoms with E-state index in [1.165, 1.54) is 54.7 Å². The maximum Gasteiger partial charge on any atom is 0.142 e. The summed E-state index contributed by atoms with van der Waals surface area (Å²) in [5.41, 5.74) is 8.35. The van der Waals surface area contributed by atoms with Crippen LogP contribution >= 0.6 is 0 Å². The zero-order valence-corrected chi connectivity index (χ0v) is 24.1. The van der Waals surface area contributed by atoms with Crippen LogP contribution in [-0.2, 0) is 0 Å². The van der Waals surface area contributed by atoms with Crippen molar-refractivity contribution >= 4 is 43.6 Å². The van der Waals surface area contributed by atoms with E-state index in [0.717, 1.165) is 5.69 Å². The van der Waals surface area contributed by atoms with Crippen LogP contribution in [0.25, 0.3) is 49.3 Å². The van der Waals surface area contributed by atoms with Gasteiger partial charge < -0.3 is 9.13 Å². The lowest BCUT2D eigenvalue weighted by molar-refractivity contribution is 0.161. The molecule has 0 spiro atoms. The van der Waals surface area contributed by atoms with E-state index in [1.54, 1.807) is 0 Å². The first-order chi connectivity index (χ1) is 21.8. The molecule has 0 saturated carbocycles. The molecule has 9 rings (SSSR count). The third-order valence-corrected chi connectivity index (χ3v) is 9.03. The molecule has 8 aromatic rings. The lowest BCUT2D eigenvalue weighted by Crippen LogP contribution is -2.56. The fourth-order valence-electron chi connectivity index (χ4n) is 7.10. The van der Waals surface area contributed by atoms with Gasteiger partial charge in [-0.3, -0.25) is 16.0 Å². The average molecular weight is 570 g/mol. The van der Waals surface area contributed by atoms with Gasteiger partial charge in [0.25, 0.3) is 0 Å². The minimum Gasteiger partial charge on any atom is -0.309 e. The molecule has 1 fully saturated rings. The molecule has 212 valence electrons. The van der Waals surface area contributed by atoms with Gasteiger partial charge in [0.2, 0.25) is 0 Å². The van der Waals surface area contributed by atoms with Crippen molar-refractivity contribution in [2.45, 2.75) is 18.6 Å². The summed E-state index contributed by atoms with van der Waals surface area (Å²) in [5, 5.41) is 16.7. The number of rotatable bonds is 4. The first-order valence-electron chi connectivity index (χ1n) is 15.2. The quantitative estimate of drug-likeness (QED) is 0.199. The van der Waals surface area contributed by atoms with Crippen LogP contribution in [0.4, 0.5) is 0 Å². The van der Waals surface area contributed by atoms with Crippen molar-refractivity contribution in [2.75, 3.05) is 0 Å². The van der Waals surface area contributed by atoms with E-state index in [1.807, 2.05) is 0 Å². The molecule has 1 aliphatic heterocycles. The van der Waals surface area contributed by atoms with Crippen molar-refractivity contribution < 1.29 is 0 Å². The molecular formula is C39H31N5. The van der Waals surface area contributed by atoms with Crippen molar-refractivity contribution in [1.82, 2.24) is 25.1 Å². The zero-order chi connectivity index (χ0) is 29.0. The molecule has 0 radical (unpaired) electrons. The van der Waals surface area contributed by atoms with Gasteiger partial charge >= 0.3 is 0 Å². The van der Waals surface area contributed by atoms with Crippen LogP contribution in [0.5, 0.6) is 0 Å². The molecule has 2 atom stereocenters. The monoisotopic (exact) mass is 569 g/mol. The molecule has 5 heteroatoms. The number of benzene rings is 6. The Morgan fingerprint density at radius 3 is 1.48 bits per heavy atom. The molecule has 2 aromatic heterocycles. The number of hydrogen-bond donors (Lipinski definition) is 3. The third-order valence-electron chi connectivity index (χ3n) is 9.03. The van der Waals surface area contributed by atoms with Gasteiger partial charge in [0, 0.05) is 27.2 Å². The van der Waals surface area contributed by atoms with E-state index in [0.29, 0.717) is 0 Å². The largest absolute Gasteiger partial charge is 0.309 e. The summed E-state index contributed by atoms with van der Waals surface area (Å²) in [4.78, 5) is 0. The summed E-state index contributed by atoms with van der Waals surface area (Å²) < 4.78 is 4.92. The van der Waals surface area contributed by atoms with Crippen LogP contribution in [0.2, 0.25) is 0 Å². The standard InChI is InChI=1S/C39H31N5/c1-4-14-26(15-5-1)37-40-38(27-16-6-2-7-17-27)42-39(41-37)44-34-23-13-11-21-30(34)32-25-24-31-29-20-10-12-22-33(29)43(35(31)36(32)44)28-18-8-3-9-19-28/h1-25,37-42H. The molecule has 3 heterocycles. The summed E-state index contributed by atoms with van der Waals surface area (Å²) >= 11 is 0. The zero-order valence-electron chi connectivity index (χ0n) is 24.1. The second kappa shape index (κ2) is 10.2. The Morgan fingerprint density at radius 1 is 0.386 bits per heavy atom. The number of nitrogens with one attached hydrogen (secondary N) is 3. The van der Waals surface area contributed by atoms with Gasteiger partial charge in [-0.25, -0.2) is 0 Å². The van der Waals surface area contributed by atoms with Gasteiger partial charge in [-0.2, -0.15) is 0 Å². The molecule has 2 unspecified atom stereocenters. The van der Waals surface area contributed by atoms with E-state index >= 15 is 0 Å². The Labute approximate surface area is 255 Å². The Balaban J connectivity index is 1.36. The number of hydrogen-bond acceptors (Lipinski definition) is 3. The summed E-state index contributed by atoms with van der Waals surface area (Å²) in [6.45, 7) is 0. The van der Waals surface area contributed by atoms with Crippen LogP contribution in [-0.4, -0.2) is 9.13 Å². The lowest BCUT2D eigenvalue weighted by atomic mass is 10.1. The van der Waals surface area contributed by atoms with Crippen molar-refractivity contribution in [1.29, 1.82) is 0 Å². The van der Waals surface area contributed by atoms with Crippen molar-refractivity contribution in [3.05, 3.63) is 163 Å². The topological polar surface area (TPSA) is 46.0 Å². The number of nitrogens with zero attached hydrogens (tertiary/aromatic N) is 2. The van der Waals surface area contributed by atoms with E-state index in [4.69, 9.17) is 0 Å². The maximum absolute atomic E-state index is 3.95. The Bertz CT molecular complexity index is 2220. The summed E-state index contributed by atoms with van der Waals surface area (Å²) in [7, 11) is 0. The van der Waals surface area contributed by atoms with Gasteiger partial charge in [0.15, 0.2) is 0 Å². The molecule has 44 heavy (non-hydrogen) atoms. The molecule has 0 bridgehead atoms. The number of fused-ring (bicyclic) bond motifs is 7. The Kier molecular flexibility index (Phi) is 5.87. The SMILES string of the molecule is c1ccc(C2NC(c3ccccc3)NC(n3c4ccccc4c4ccc5c6ccccc6n(-c6ccccc6)c5c43)N2)cc1. The van der Waals surface area contributed by atoms with Gasteiger partial charge in [0.05, 0.1) is 34.4 Å². The molecule has 0 amide bonds. The number of para-hydroxylation sites is 3. The molecule has 1 aliphatic rings. The normalized spacial score (nSPS) is 18.9. The van der Waals surface area contributed by atoms with Crippen LogP contribution in [0.1, 0.15) is 29.7 Å². The van der Waals surface area contributed by atoms with Crippen molar-refractivity contribution in [3.8, 4) is 5.69 Å². The summed E-state index contributed by atoms with van der Waals surface area (Å²) in [6.07, 6.45) is -0.340. The maximum atomic E-state index is 3.95. The molecule has 3 N–H and O–H groups in total. The predicted molar refractivity (Wildman–Crippen MR) is 181 cm³/mol. The predicted octanol–water partition coefficient (Wildman–Crippen LogP) is 8.53. The highest BCUT2D eigenvalue weighted by atomic mass is 15.4. The van der Waals surface area contributed by atoms with Gasteiger partial charge in [-0.05, 0) is 35.4 Å². The fraction of sp³-hybridized carbons (Fsp3) is 0.0769. The fourth-order valence-corrected chi connectivity index (χ4v) is 7.10. The lowest BCUT2D eigenvalue weighted by Gasteiger charge is -2.40. The second-order valence-electron chi connectivity index (χ2n) is 11.5. The van der Waals surface area contributed by atoms with Crippen LogP contribution in [0.3, 0.4) is 0 Å². The van der Waals surface area contributed by atoms with E-state index in [-0.39, 0.29) is 18.6 Å². The molecule has 0 aliphatic carbocycles. The number of aromatic nitrogens is 2. The molecule has 5 nitrogen and oxygen atoms in total. The molecular weight excluding hydrogens is 538 g/mol. The van der Waals surface area contributed by atoms with Gasteiger partial charge in [0.1, 0.15) is 6.29 Å². The van der Waals surface area contributed by atoms with Crippen molar-refractivity contribution in [3.63, 3.8) is 0 Å². The Morgan fingerprint density at radius 2 is 0.864 bits per heavy atom. The summed E-state index contributed by atoms with van der Waals surface area (Å²) in [5.74, 6) is 0. The highest BCUT2D eigenvalue weighted by Crippen LogP contribution is 2.42. The van der Waals surface area contributed by atoms with E-state index in [9.17, 15) is 0 Å². The van der Waals surface area contributed by atoms with E-state index < -0.39 is 0 Å². The molecule has 6 aromatic carbocycles. The van der Waals surface area contributed by atoms with Crippen LogP contribution in [0, 0.1) is 0 Å². The highest BCUT2D eigenvalue weighted by molar-refractivity contribution is 6.23. The van der Waals surface area contributed by atoms with Crippen LogP contribution < -0.4 is 16.0 Å². The summed E-state index contributed by atoms with van der Waals surface area (Å²) in [6, 6.07) is 54.2. The van der Waals surface area contributed by atoms with Gasteiger partial charge in [-0.1, -0.05) is 127 Å². The highest BCUT2D eigenvalue weighted by Gasteiger charge is 2.32. The molecule has 1 saturated heterocycles. The second-order valence-corrected chi connectivity index (χ2v) is 11.5. The third kappa shape index (κ3) is 3.91. The van der Waals surface area contributed by atoms with Crippen molar-refractivity contribution in [2.24, 2.45) is 0 Å². The smallest absolute Gasteiger partial charge is 0.142 e. The minimum atomic E-state index is -0.207. The van der Waals surface area contributed by atoms with Gasteiger partial charge in [-0.15, -0.1) is 0 Å². The first kappa shape index (κ1) is 25.3. The minimum absolute atomic E-state index is 0.0666. The Hall–Kier alpha value is -5.20.